The van der Waals surface area contributed by atoms with Crippen molar-refractivity contribution in [1.82, 2.24) is 4.57 Å². The van der Waals surface area contributed by atoms with Crippen LogP contribution in [0.3, 0.4) is 0 Å². The summed E-state index contributed by atoms with van der Waals surface area (Å²) in [6, 6.07) is 78.9. The fraction of sp³-hybridized carbons (Fsp3) is 0. The van der Waals surface area contributed by atoms with E-state index in [1.54, 1.807) is 0 Å². The van der Waals surface area contributed by atoms with Gasteiger partial charge in [-0.15, -0.1) is 0 Å². The van der Waals surface area contributed by atoms with E-state index in [1.165, 1.54) is 66.0 Å². The summed E-state index contributed by atoms with van der Waals surface area (Å²) in [7, 11) is 0. The predicted octanol–water partition coefficient (Wildman–Crippen LogP) is 14.4. The highest BCUT2D eigenvalue weighted by Crippen LogP contribution is 2.46. The number of benzene rings is 9. The van der Waals surface area contributed by atoms with E-state index < -0.39 is 0 Å². The summed E-state index contributed by atoms with van der Waals surface area (Å²) in [6.45, 7) is 0. The van der Waals surface area contributed by atoms with Crippen molar-refractivity contribution in [3.63, 3.8) is 0 Å². The summed E-state index contributed by atoms with van der Waals surface area (Å²) in [5, 5.41) is 4.89. The quantitative estimate of drug-likeness (QED) is 0.162. The summed E-state index contributed by atoms with van der Waals surface area (Å²) in [5.74, 6) is 0. The van der Waals surface area contributed by atoms with Gasteiger partial charge in [0.1, 0.15) is 0 Å². The van der Waals surface area contributed by atoms with Crippen LogP contribution in [0.2, 0.25) is 0 Å². The summed E-state index contributed by atoms with van der Waals surface area (Å²) in [6.07, 6.45) is 0. The molecule has 10 aromatic rings. The van der Waals surface area contributed by atoms with Crippen molar-refractivity contribution in [2.75, 3.05) is 4.90 Å². The number of nitrogens with zero attached hydrogens (tertiary/aromatic N) is 2. The predicted molar refractivity (Wildman–Crippen MR) is 229 cm³/mol. The first-order valence-electron chi connectivity index (χ1n) is 18.5. The highest BCUT2D eigenvalue weighted by atomic mass is 15.1. The molecule has 0 saturated carbocycles. The molecule has 0 saturated heterocycles. The molecular weight excluding hydrogens is 653 g/mol. The summed E-state index contributed by atoms with van der Waals surface area (Å²) in [5.41, 5.74) is 14.0. The topological polar surface area (TPSA) is 8.17 Å². The fourth-order valence-corrected chi connectivity index (χ4v) is 8.01. The Labute approximate surface area is 315 Å². The first kappa shape index (κ1) is 31.6. The zero-order chi connectivity index (χ0) is 35.8. The van der Waals surface area contributed by atoms with Gasteiger partial charge in [0, 0.05) is 27.7 Å². The van der Waals surface area contributed by atoms with Gasteiger partial charge in [-0.3, -0.25) is 0 Å². The van der Waals surface area contributed by atoms with Gasteiger partial charge in [-0.25, -0.2) is 0 Å². The van der Waals surface area contributed by atoms with E-state index in [0.717, 1.165) is 22.7 Å². The van der Waals surface area contributed by atoms with E-state index in [0.29, 0.717) is 0 Å². The van der Waals surface area contributed by atoms with E-state index in [1.807, 2.05) is 0 Å². The van der Waals surface area contributed by atoms with Crippen LogP contribution in [0.1, 0.15) is 0 Å². The number of fused-ring (bicyclic) bond motifs is 4. The van der Waals surface area contributed by atoms with E-state index >= 15 is 0 Å². The summed E-state index contributed by atoms with van der Waals surface area (Å²) < 4.78 is 2.42. The highest BCUT2D eigenvalue weighted by molar-refractivity contribution is 6.17. The molecule has 0 radical (unpaired) electrons. The molecular formula is C52H36N2. The zero-order valence-electron chi connectivity index (χ0n) is 29.7. The molecule has 0 N–H and O–H groups in total. The van der Waals surface area contributed by atoms with Gasteiger partial charge in [-0.2, -0.15) is 0 Å². The van der Waals surface area contributed by atoms with Gasteiger partial charge in [-0.1, -0.05) is 170 Å². The van der Waals surface area contributed by atoms with Crippen molar-refractivity contribution >= 4 is 49.6 Å². The average Bonchev–Trinajstić information content (AvgIpc) is 3.60. The smallest absolute Gasteiger partial charge is 0.0562 e. The number of para-hydroxylation sites is 2. The largest absolute Gasteiger partial charge is 0.309 e. The van der Waals surface area contributed by atoms with Crippen molar-refractivity contribution in [1.29, 1.82) is 0 Å². The Hall–Kier alpha value is -7.16. The molecule has 0 unspecified atom stereocenters. The lowest BCUT2D eigenvalue weighted by molar-refractivity contribution is 1.18. The Kier molecular flexibility index (Phi) is 7.85. The van der Waals surface area contributed by atoms with Crippen LogP contribution in [-0.2, 0) is 0 Å². The van der Waals surface area contributed by atoms with Crippen LogP contribution < -0.4 is 4.90 Å². The molecule has 0 amide bonds. The van der Waals surface area contributed by atoms with Crippen LogP contribution in [-0.4, -0.2) is 4.57 Å². The molecule has 0 fully saturated rings. The van der Waals surface area contributed by atoms with Crippen molar-refractivity contribution in [3.05, 3.63) is 218 Å². The van der Waals surface area contributed by atoms with Gasteiger partial charge in [0.2, 0.25) is 0 Å². The molecule has 254 valence electrons. The van der Waals surface area contributed by atoms with E-state index in [-0.39, 0.29) is 0 Å². The van der Waals surface area contributed by atoms with Crippen LogP contribution in [0.5, 0.6) is 0 Å². The van der Waals surface area contributed by atoms with Crippen LogP contribution in [0.25, 0.3) is 71.6 Å². The van der Waals surface area contributed by atoms with Crippen LogP contribution in [0.15, 0.2) is 218 Å². The van der Waals surface area contributed by atoms with Gasteiger partial charge >= 0.3 is 0 Å². The lowest BCUT2D eigenvalue weighted by atomic mass is 9.99. The second-order valence-electron chi connectivity index (χ2n) is 13.8. The van der Waals surface area contributed by atoms with Gasteiger partial charge in [0.15, 0.2) is 0 Å². The highest BCUT2D eigenvalue weighted by Gasteiger charge is 2.23. The van der Waals surface area contributed by atoms with Crippen LogP contribution >= 0.6 is 0 Å². The molecule has 1 heterocycles. The molecule has 0 spiro atoms. The Morgan fingerprint density at radius 1 is 0.333 bits per heavy atom. The Morgan fingerprint density at radius 2 is 0.870 bits per heavy atom. The molecule has 0 aliphatic carbocycles. The molecule has 2 heteroatoms. The second kappa shape index (κ2) is 13.4. The number of anilines is 3. The zero-order valence-corrected chi connectivity index (χ0v) is 29.7. The van der Waals surface area contributed by atoms with Crippen molar-refractivity contribution < 1.29 is 0 Å². The monoisotopic (exact) mass is 688 g/mol. The average molecular weight is 689 g/mol. The summed E-state index contributed by atoms with van der Waals surface area (Å²) in [4.78, 5) is 2.45. The molecule has 1 aromatic heterocycles. The first-order valence-corrected chi connectivity index (χ1v) is 18.5. The maximum absolute atomic E-state index is 2.45. The second-order valence-corrected chi connectivity index (χ2v) is 13.8. The maximum Gasteiger partial charge on any atom is 0.0562 e. The maximum atomic E-state index is 2.45. The third-order valence-electron chi connectivity index (χ3n) is 10.6. The fourth-order valence-electron chi connectivity index (χ4n) is 8.01. The Bertz CT molecular complexity index is 2910. The number of aromatic nitrogens is 1. The van der Waals surface area contributed by atoms with Gasteiger partial charge in [0.25, 0.3) is 0 Å². The number of rotatable bonds is 7. The van der Waals surface area contributed by atoms with Gasteiger partial charge in [0.05, 0.1) is 22.4 Å². The molecule has 0 atom stereocenters. The third kappa shape index (κ3) is 5.53. The van der Waals surface area contributed by atoms with Crippen molar-refractivity contribution in [2.24, 2.45) is 0 Å². The standard InChI is InChI=1S/C52H36N2/c1-3-14-37(15-4-1)39-26-28-40(29-27-39)41-30-33-44(34-31-41)53(48-22-11-9-20-46(48)42-17-5-2-6-18-42)50-24-13-25-51-52(50)47-21-10-12-23-49(47)54(51)45-35-32-38-16-7-8-19-43(38)36-45/h1-36H. The van der Waals surface area contributed by atoms with Gasteiger partial charge in [-0.05, 0) is 87.1 Å². The Morgan fingerprint density at radius 3 is 1.61 bits per heavy atom. The molecule has 9 aromatic carbocycles. The minimum atomic E-state index is 1.10. The van der Waals surface area contributed by atoms with Crippen molar-refractivity contribution in [3.8, 4) is 39.1 Å². The lowest BCUT2D eigenvalue weighted by Gasteiger charge is -2.29. The SMILES string of the molecule is c1ccc(-c2ccc(-c3ccc(N(c4ccccc4-c4ccccc4)c4cccc5c4c4ccccc4n5-c4ccc5ccccc5c4)cc3)cc2)cc1. The molecule has 54 heavy (non-hydrogen) atoms. The van der Waals surface area contributed by atoms with Crippen molar-refractivity contribution in [2.45, 2.75) is 0 Å². The molecule has 0 bridgehead atoms. The van der Waals surface area contributed by atoms with Crippen LogP contribution in [0, 0.1) is 0 Å². The molecule has 0 aliphatic rings. The lowest BCUT2D eigenvalue weighted by Crippen LogP contribution is -2.11. The van der Waals surface area contributed by atoms with E-state index in [9.17, 15) is 0 Å². The molecule has 0 aliphatic heterocycles. The molecule has 2 nitrogen and oxygen atoms in total. The number of hydrogen-bond donors (Lipinski definition) is 0. The minimum absolute atomic E-state index is 1.10. The minimum Gasteiger partial charge on any atom is -0.309 e. The van der Waals surface area contributed by atoms with E-state index in [2.05, 4.69) is 228 Å². The van der Waals surface area contributed by atoms with Gasteiger partial charge < -0.3 is 9.47 Å². The molecule has 10 rings (SSSR count). The van der Waals surface area contributed by atoms with E-state index in [4.69, 9.17) is 0 Å². The third-order valence-corrected chi connectivity index (χ3v) is 10.6. The normalized spacial score (nSPS) is 11.3. The Balaban J connectivity index is 1.17. The summed E-state index contributed by atoms with van der Waals surface area (Å²) >= 11 is 0. The number of hydrogen-bond acceptors (Lipinski definition) is 1. The first-order chi connectivity index (χ1) is 26.8. The van der Waals surface area contributed by atoms with Crippen LogP contribution in [0.4, 0.5) is 17.1 Å².